The zero-order valence-corrected chi connectivity index (χ0v) is 11.7. The highest BCUT2D eigenvalue weighted by Crippen LogP contribution is 2.31. The normalized spacial score (nSPS) is 19.4. The van der Waals surface area contributed by atoms with Crippen molar-refractivity contribution in [3.63, 3.8) is 0 Å². The van der Waals surface area contributed by atoms with Gasteiger partial charge in [0, 0.05) is 0 Å². The van der Waals surface area contributed by atoms with Gasteiger partial charge in [0.1, 0.15) is 5.82 Å². The predicted molar refractivity (Wildman–Crippen MR) is 72.8 cm³/mol. The first-order valence-corrected chi connectivity index (χ1v) is 6.91. The number of rotatable bonds is 3. The number of nitrogens with zero attached hydrogens (tertiary/aromatic N) is 2. The van der Waals surface area contributed by atoms with Gasteiger partial charge in [0.05, 0.1) is 11.5 Å². The van der Waals surface area contributed by atoms with Crippen LogP contribution in [-0.4, -0.2) is 16.7 Å². The second-order valence-electron chi connectivity index (χ2n) is 5.74. The molecule has 0 aliphatic carbocycles. The van der Waals surface area contributed by atoms with E-state index in [1.54, 1.807) is 12.1 Å². The lowest BCUT2D eigenvalue weighted by Crippen LogP contribution is -2.21. The summed E-state index contributed by atoms with van der Waals surface area (Å²) >= 11 is 0. The molecule has 2 heterocycles. The molecule has 1 aromatic carbocycles. The molecular weight excluding hydrogens is 257 g/mol. The Morgan fingerprint density at radius 2 is 2.05 bits per heavy atom. The zero-order chi connectivity index (χ0) is 14.2. The van der Waals surface area contributed by atoms with Gasteiger partial charge in [-0.1, -0.05) is 17.3 Å². The number of hydrogen-bond acceptors (Lipinski definition) is 4. The molecular formula is C15H18FN3O. The van der Waals surface area contributed by atoms with Gasteiger partial charge in [-0.3, -0.25) is 0 Å². The highest BCUT2D eigenvalue weighted by atomic mass is 19.1. The van der Waals surface area contributed by atoms with Gasteiger partial charge in [0.25, 0.3) is 0 Å². The maximum absolute atomic E-state index is 13.0. The summed E-state index contributed by atoms with van der Waals surface area (Å²) in [5.74, 6) is 1.04. The molecule has 1 fully saturated rings. The monoisotopic (exact) mass is 275 g/mol. The molecule has 0 radical (unpaired) electrons. The van der Waals surface area contributed by atoms with Crippen molar-refractivity contribution >= 4 is 0 Å². The standard InChI is InChI=1S/C15H18FN3O/c1-15(2,10-5-7-11(16)8-6-10)14-18-13(20-19-14)12-4-3-9-17-12/h5-8,12,17H,3-4,9H2,1-2H3/t12-/m0/s1. The van der Waals surface area contributed by atoms with Crippen molar-refractivity contribution < 1.29 is 8.91 Å². The molecule has 5 heteroatoms. The van der Waals surface area contributed by atoms with E-state index >= 15 is 0 Å². The van der Waals surface area contributed by atoms with Crippen molar-refractivity contribution in [2.24, 2.45) is 0 Å². The molecule has 1 atom stereocenters. The Labute approximate surface area is 117 Å². The summed E-state index contributed by atoms with van der Waals surface area (Å²) in [7, 11) is 0. The van der Waals surface area contributed by atoms with Crippen molar-refractivity contribution in [3.8, 4) is 0 Å². The number of benzene rings is 1. The molecule has 3 rings (SSSR count). The van der Waals surface area contributed by atoms with Crippen molar-refractivity contribution in [1.29, 1.82) is 0 Å². The van der Waals surface area contributed by atoms with Crippen LogP contribution in [0.25, 0.3) is 0 Å². The first kappa shape index (κ1) is 13.2. The fourth-order valence-electron chi connectivity index (χ4n) is 2.52. The summed E-state index contributed by atoms with van der Waals surface area (Å²) in [6.07, 6.45) is 2.16. The van der Waals surface area contributed by atoms with Gasteiger partial charge in [-0.25, -0.2) is 4.39 Å². The minimum Gasteiger partial charge on any atom is -0.338 e. The molecule has 20 heavy (non-hydrogen) atoms. The molecule has 1 N–H and O–H groups in total. The molecule has 1 aromatic heterocycles. The third-order valence-electron chi connectivity index (χ3n) is 3.93. The van der Waals surface area contributed by atoms with Crippen molar-refractivity contribution in [2.45, 2.75) is 38.1 Å². The highest BCUT2D eigenvalue weighted by Gasteiger charge is 2.31. The summed E-state index contributed by atoms with van der Waals surface area (Å²) in [5.41, 5.74) is 0.555. The van der Waals surface area contributed by atoms with Gasteiger partial charge < -0.3 is 9.84 Å². The number of hydrogen-bond donors (Lipinski definition) is 1. The lowest BCUT2D eigenvalue weighted by molar-refractivity contribution is 0.337. The Hall–Kier alpha value is -1.75. The van der Waals surface area contributed by atoms with Gasteiger partial charge in [-0.05, 0) is 50.9 Å². The predicted octanol–water partition coefficient (Wildman–Crippen LogP) is 2.96. The van der Waals surface area contributed by atoms with Gasteiger partial charge >= 0.3 is 0 Å². The van der Waals surface area contributed by atoms with E-state index in [0.717, 1.165) is 24.9 Å². The van der Waals surface area contributed by atoms with Crippen LogP contribution in [0.1, 0.15) is 50.0 Å². The van der Waals surface area contributed by atoms with Crippen LogP contribution in [-0.2, 0) is 5.41 Å². The Morgan fingerprint density at radius 3 is 2.70 bits per heavy atom. The van der Waals surface area contributed by atoms with E-state index < -0.39 is 5.41 Å². The Bertz CT molecular complexity index is 585. The molecule has 106 valence electrons. The number of aromatic nitrogens is 2. The molecule has 1 aliphatic heterocycles. The maximum atomic E-state index is 13.0. The van der Waals surface area contributed by atoms with E-state index in [1.165, 1.54) is 12.1 Å². The molecule has 0 spiro atoms. The maximum Gasteiger partial charge on any atom is 0.243 e. The van der Waals surface area contributed by atoms with Crippen LogP contribution in [0.5, 0.6) is 0 Å². The van der Waals surface area contributed by atoms with Crippen LogP contribution in [0.3, 0.4) is 0 Å². The molecule has 0 unspecified atom stereocenters. The minimum atomic E-state index is -0.409. The third-order valence-corrected chi connectivity index (χ3v) is 3.93. The SMILES string of the molecule is CC(C)(c1ccc(F)cc1)c1noc([C@@H]2CCCN2)n1. The Kier molecular flexibility index (Phi) is 3.30. The average Bonchev–Trinajstić information content (AvgIpc) is 3.10. The summed E-state index contributed by atoms with van der Waals surface area (Å²) in [6.45, 7) is 5.01. The smallest absolute Gasteiger partial charge is 0.243 e. The lowest BCUT2D eigenvalue weighted by Gasteiger charge is -2.20. The highest BCUT2D eigenvalue weighted by molar-refractivity contribution is 5.30. The van der Waals surface area contributed by atoms with E-state index in [2.05, 4.69) is 15.5 Å². The van der Waals surface area contributed by atoms with Gasteiger partial charge in [-0.15, -0.1) is 0 Å². The molecule has 0 amide bonds. The van der Waals surface area contributed by atoms with Gasteiger partial charge in [-0.2, -0.15) is 4.98 Å². The van der Waals surface area contributed by atoms with E-state index in [1.807, 2.05) is 13.8 Å². The Balaban J connectivity index is 1.88. The van der Waals surface area contributed by atoms with E-state index in [4.69, 9.17) is 4.52 Å². The fraction of sp³-hybridized carbons (Fsp3) is 0.467. The zero-order valence-electron chi connectivity index (χ0n) is 11.7. The molecule has 2 aromatic rings. The molecule has 0 bridgehead atoms. The molecule has 0 saturated carbocycles. The largest absolute Gasteiger partial charge is 0.338 e. The second-order valence-corrected chi connectivity index (χ2v) is 5.74. The first-order chi connectivity index (χ1) is 9.57. The second kappa shape index (κ2) is 4.98. The molecule has 1 aliphatic rings. The van der Waals surface area contributed by atoms with Crippen LogP contribution >= 0.6 is 0 Å². The topological polar surface area (TPSA) is 51.0 Å². The number of nitrogens with one attached hydrogen (secondary N) is 1. The molecule has 1 saturated heterocycles. The van der Waals surface area contributed by atoms with E-state index in [0.29, 0.717) is 11.7 Å². The minimum absolute atomic E-state index is 0.167. The quantitative estimate of drug-likeness (QED) is 0.935. The van der Waals surface area contributed by atoms with E-state index in [-0.39, 0.29) is 11.9 Å². The number of halogens is 1. The van der Waals surface area contributed by atoms with Crippen LogP contribution in [0.2, 0.25) is 0 Å². The average molecular weight is 275 g/mol. The lowest BCUT2D eigenvalue weighted by atomic mass is 9.84. The van der Waals surface area contributed by atoms with Gasteiger partial charge in [0.15, 0.2) is 5.82 Å². The summed E-state index contributed by atoms with van der Waals surface area (Å²) < 4.78 is 18.4. The van der Waals surface area contributed by atoms with Gasteiger partial charge in [0.2, 0.25) is 5.89 Å². The summed E-state index contributed by atoms with van der Waals surface area (Å²) in [4.78, 5) is 4.53. The van der Waals surface area contributed by atoms with Crippen molar-refractivity contribution in [1.82, 2.24) is 15.5 Å². The Morgan fingerprint density at radius 1 is 1.30 bits per heavy atom. The van der Waals surface area contributed by atoms with Crippen LogP contribution < -0.4 is 5.32 Å². The van der Waals surface area contributed by atoms with Crippen LogP contribution in [0.15, 0.2) is 28.8 Å². The first-order valence-electron chi connectivity index (χ1n) is 6.91. The summed E-state index contributed by atoms with van der Waals surface area (Å²) in [6, 6.07) is 6.60. The van der Waals surface area contributed by atoms with E-state index in [9.17, 15) is 4.39 Å². The van der Waals surface area contributed by atoms with Crippen molar-refractivity contribution in [2.75, 3.05) is 6.54 Å². The van der Waals surface area contributed by atoms with Crippen molar-refractivity contribution in [3.05, 3.63) is 47.4 Å². The summed E-state index contributed by atoms with van der Waals surface area (Å²) in [5, 5.41) is 7.45. The van der Waals surface area contributed by atoms with Crippen LogP contribution in [0, 0.1) is 5.82 Å². The third kappa shape index (κ3) is 2.33. The molecule has 4 nitrogen and oxygen atoms in total. The fourth-order valence-corrected chi connectivity index (χ4v) is 2.52. The van der Waals surface area contributed by atoms with Crippen LogP contribution in [0.4, 0.5) is 4.39 Å².